The summed E-state index contributed by atoms with van der Waals surface area (Å²) in [6.07, 6.45) is 1.84. The molecule has 1 fully saturated rings. The molecule has 1 heterocycles. The second kappa shape index (κ2) is 5.71. The predicted octanol–water partition coefficient (Wildman–Crippen LogP) is 2.71. The standard InChI is InChI=1S/C13H25NO3/c1-9(2)6-10(7-11-8-16-11)14-12(15)17-13(3,4)5/h9-11H,6-8H2,1-5H3,(H,14,15)/t10-,11+/m0/s1. The Labute approximate surface area is 104 Å². The summed E-state index contributed by atoms with van der Waals surface area (Å²) in [5, 5.41) is 2.94. The van der Waals surface area contributed by atoms with Crippen molar-refractivity contribution < 1.29 is 14.3 Å². The molecule has 0 aromatic carbocycles. The van der Waals surface area contributed by atoms with Gasteiger partial charge in [-0.25, -0.2) is 4.79 Å². The summed E-state index contributed by atoms with van der Waals surface area (Å²) in [5.41, 5.74) is -0.442. The largest absolute Gasteiger partial charge is 0.444 e. The van der Waals surface area contributed by atoms with Gasteiger partial charge in [0.05, 0.1) is 12.7 Å². The fourth-order valence-corrected chi connectivity index (χ4v) is 1.78. The molecule has 0 aromatic rings. The zero-order chi connectivity index (χ0) is 13.1. The summed E-state index contributed by atoms with van der Waals surface area (Å²) in [5.74, 6) is 0.550. The molecule has 4 heteroatoms. The molecule has 1 rings (SSSR count). The first-order valence-corrected chi connectivity index (χ1v) is 6.37. The van der Waals surface area contributed by atoms with Gasteiger partial charge in [-0.05, 0) is 39.5 Å². The summed E-state index contributed by atoms with van der Waals surface area (Å²) in [4.78, 5) is 11.7. The Morgan fingerprint density at radius 1 is 1.47 bits per heavy atom. The zero-order valence-electron chi connectivity index (χ0n) is 11.6. The molecule has 17 heavy (non-hydrogen) atoms. The minimum Gasteiger partial charge on any atom is -0.444 e. The number of rotatable bonds is 5. The Bertz CT molecular complexity index is 250. The van der Waals surface area contributed by atoms with Crippen LogP contribution in [0.4, 0.5) is 4.79 Å². The van der Waals surface area contributed by atoms with Gasteiger partial charge in [-0.2, -0.15) is 0 Å². The van der Waals surface area contributed by atoms with E-state index < -0.39 is 5.60 Å². The molecule has 0 saturated carbocycles. The predicted molar refractivity (Wildman–Crippen MR) is 67.0 cm³/mol. The van der Waals surface area contributed by atoms with Crippen LogP contribution >= 0.6 is 0 Å². The molecule has 0 radical (unpaired) electrons. The molecule has 1 amide bonds. The van der Waals surface area contributed by atoms with Crippen molar-refractivity contribution in [2.75, 3.05) is 6.61 Å². The van der Waals surface area contributed by atoms with Gasteiger partial charge in [0.25, 0.3) is 0 Å². The maximum Gasteiger partial charge on any atom is 0.407 e. The van der Waals surface area contributed by atoms with Crippen LogP contribution in [0.5, 0.6) is 0 Å². The molecule has 100 valence electrons. The van der Waals surface area contributed by atoms with Gasteiger partial charge < -0.3 is 14.8 Å². The highest BCUT2D eigenvalue weighted by Gasteiger charge is 2.28. The van der Waals surface area contributed by atoms with E-state index >= 15 is 0 Å². The fourth-order valence-electron chi connectivity index (χ4n) is 1.78. The number of nitrogens with one attached hydrogen (secondary N) is 1. The topological polar surface area (TPSA) is 50.9 Å². The smallest absolute Gasteiger partial charge is 0.407 e. The third-order valence-corrected chi connectivity index (χ3v) is 2.43. The molecule has 1 N–H and O–H groups in total. The molecule has 0 bridgehead atoms. The number of hydrogen-bond acceptors (Lipinski definition) is 3. The second-order valence-corrected chi connectivity index (χ2v) is 6.16. The van der Waals surface area contributed by atoms with Crippen LogP contribution in [0.1, 0.15) is 47.5 Å². The molecule has 2 atom stereocenters. The first-order valence-electron chi connectivity index (χ1n) is 6.37. The van der Waals surface area contributed by atoms with Gasteiger partial charge in [-0.1, -0.05) is 13.8 Å². The lowest BCUT2D eigenvalue weighted by atomic mass is 10.00. The molecular formula is C13H25NO3. The highest BCUT2D eigenvalue weighted by molar-refractivity contribution is 5.68. The van der Waals surface area contributed by atoms with Gasteiger partial charge in [-0.15, -0.1) is 0 Å². The zero-order valence-corrected chi connectivity index (χ0v) is 11.6. The summed E-state index contributed by atoms with van der Waals surface area (Å²) in [6, 6.07) is 0.150. The number of alkyl carbamates (subject to hydrolysis) is 1. The lowest BCUT2D eigenvalue weighted by Gasteiger charge is -2.24. The van der Waals surface area contributed by atoms with Crippen LogP contribution < -0.4 is 5.32 Å². The van der Waals surface area contributed by atoms with Crippen molar-refractivity contribution in [3.05, 3.63) is 0 Å². The van der Waals surface area contributed by atoms with Gasteiger partial charge >= 0.3 is 6.09 Å². The van der Waals surface area contributed by atoms with E-state index in [1.165, 1.54) is 0 Å². The number of carbonyl (C=O) groups excluding carboxylic acids is 1. The average Bonchev–Trinajstić information content (AvgIpc) is 2.81. The maximum atomic E-state index is 11.7. The van der Waals surface area contributed by atoms with E-state index in [-0.39, 0.29) is 12.1 Å². The first-order chi connectivity index (χ1) is 7.76. The quantitative estimate of drug-likeness (QED) is 0.755. The molecule has 0 spiro atoms. The Morgan fingerprint density at radius 3 is 2.47 bits per heavy atom. The van der Waals surface area contributed by atoms with Crippen LogP contribution in [0.3, 0.4) is 0 Å². The molecule has 0 aliphatic carbocycles. The van der Waals surface area contributed by atoms with E-state index in [0.29, 0.717) is 12.0 Å². The van der Waals surface area contributed by atoms with E-state index in [1.807, 2.05) is 20.8 Å². The number of ether oxygens (including phenoxy) is 2. The van der Waals surface area contributed by atoms with Gasteiger partial charge in [0.2, 0.25) is 0 Å². The van der Waals surface area contributed by atoms with E-state index in [9.17, 15) is 4.79 Å². The van der Waals surface area contributed by atoms with Crippen LogP contribution in [0.2, 0.25) is 0 Å². The van der Waals surface area contributed by atoms with Crippen molar-refractivity contribution in [2.45, 2.75) is 65.2 Å². The monoisotopic (exact) mass is 243 g/mol. The van der Waals surface area contributed by atoms with Gasteiger partial charge in [-0.3, -0.25) is 0 Å². The van der Waals surface area contributed by atoms with Gasteiger partial charge in [0.15, 0.2) is 0 Å². The Balaban J connectivity index is 2.38. The third kappa shape index (κ3) is 7.21. The molecule has 0 unspecified atom stereocenters. The van der Waals surface area contributed by atoms with Gasteiger partial charge in [0.1, 0.15) is 5.60 Å². The van der Waals surface area contributed by atoms with Crippen molar-refractivity contribution >= 4 is 6.09 Å². The molecular weight excluding hydrogens is 218 g/mol. The number of carbonyl (C=O) groups is 1. The van der Waals surface area contributed by atoms with E-state index in [2.05, 4.69) is 19.2 Å². The highest BCUT2D eigenvalue weighted by atomic mass is 16.6. The van der Waals surface area contributed by atoms with E-state index in [0.717, 1.165) is 19.4 Å². The summed E-state index contributed by atoms with van der Waals surface area (Å²) in [7, 11) is 0. The first kappa shape index (κ1) is 14.3. The van der Waals surface area contributed by atoms with Crippen molar-refractivity contribution in [3.8, 4) is 0 Å². The lowest BCUT2D eigenvalue weighted by Crippen LogP contribution is -2.40. The normalized spacial score (nSPS) is 21.2. The molecule has 1 saturated heterocycles. The van der Waals surface area contributed by atoms with Crippen LogP contribution in [0.15, 0.2) is 0 Å². The number of amides is 1. The van der Waals surface area contributed by atoms with Crippen molar-refractivity contribution in [1.82, 2.24) is 5.32 Å². The van der Waals surface area contributed by atoms with Crippen molar-refractivity contribution in [2.24, 2.45) is 5.92 Å². The average molecular weight is 243 g/mol. The Kier molecular flexibility index (Phi) is 4.80. The molecule has 1 aliphatic rings. The third-order valence-electron chi connectivity index (χ3n) is 2.43. The number of epoxide rings is 1. The minimum absolute atomic E-state index is 0.150. The molecule has 0 aromatic heterocycles. The Morgan fingerprint density at radius 2 is 2.06 bits per heavy atom. The van der Waals surface area contributed by atoms with Crippen LogP contribution in [0.25, 0.3) is 0 Å². The van der Waals surface area contributed by atoms with Crippen LogP contribution in [0, 0.1) is 5.92 Å². The van der Waals surface area contributed by atoms with Crippen molar-refractivity contribution in [3.63, 3.8) is 0 Å². The summed E-state index contributed by atoms with van der Waals surface area (Å²) in [6.45, 7) is 10.7. The van der Waals surface area contributed by atoms with E-state index in [1.54, 1.807) is 0 Å². The summed E-state index contributed by atoms with van der Waals surface area (Å²) >= 11 is 0. The van der Waals surface area contributed by atoms with Crippen LogP contribution in [-0.4, -0.2) is 30.4 Å². The van der Waals surface area contributed by atoms with Gasteiger partial charge in [0, 0.05) is 6.04 Å². The fraction of sp³-hybridized carbons (Fsp3) is 0.923. The SMILES string of the molecule is CC(C)C[C@@H](C[C@@H]1CO1)NC(=O)OC(C)(C)C. The molecule has 4 nitrogen and oxygen atoms in total. The maximum absolute atomic E-state index is 11.7. The second-order valence-electron chi connectivity index (χ2n) is 6.16. The van der Waals surface area contributed by atoms with Crippen LogP contribution in [-0.2, 0) is 9.47 Å². The highest BCUT2D eigenvalue weighted by Crippen LogP contribution is 2.20. The summed E-state index contributed by atoms with van der Waals surface area (Å²) < 4.78 is 10.5. The number of hydrogen-bond donors (Lipinski definition) is 1. The lowest BCUT2D eigenvalue weighted by molar-refractivity contribution is 0.0494. The van der Waals surface area contributed by atoms with E-state index in [4.69, 9.17) is 9.47 Å². The minimum atomic E-state index is -0.442. The van der Waals surface area contributed by atoms with Crippen molar-refractivity contribution in [1.29, 1.82) is 0 Å². The molecule has 1 aliphatic heterocycles. The Hall–Kier alpha value is -0.770.